The molecule has 20 heavy (non-hydrogen) atoms. The van der Waals surface area contributed by atoms with Crippen LogP contribution in [-0.2, 0) is 11.2 Å². The fourth-order valence-electron chi connectivity index (χ4n) is 2.18. The van der Waals surface area contributed by atoms with Crippen LogP contribution in [-0.4, -0.2) is 13.7 Å². The number of rotatable bonds is 5. The highest BCUT2D eigenvalue weighted by atomic mass is 79.9. The van der Waals surface area contributed by atoms with Crippen LogP contribution in [0.15, 0.2) is 42.5 Å². The lowest BCUT2D eigenvalue weighted by atomic mass is 9.99. The predicted octanol–water partition coefficient (Wildman–Crippen LogP) is 5.32. The molecule has 0 saturated carbocycles. The molecule has 0 aliphatic carbocycles. The minimum absolute atomic E-state index is 0.191. The van der Waals surface area contributed by atoms with Gasteiger partial charge in [0.25, 0.3) is 0 Å². The van der Waals surface area contributed by atoms with Gasteiger partial charge in [-0.05, 0) is 47.7 Å². The third kappa shape index (κ3) is 3.85. The second-order valence-electron chi connectivity index (χ2n) is 4.85. The first kappa shape index (κ1) is 15.6. The minimum atomic E-state index is 0.191. The third-order valence-corrected chi connectivity index (χ3v) is 4.63. The van der Waals surface area contributed by atoms with Crippen molar-refractivity contribution in [2.75, 3.05) is 13.7 Å². The Bertz CT molecular complexity index is 566. The molecule has 3 heteroatoms. The highest BCUT2D eigenvalue weighted by molar-refractivity contribution is 9.09. The molecule has 1 nitrogen and oxygen atoms in total. The Labute approximate surface area is 134 Å². The maximum atomic E-state index is 6.01. The van der Waals surface area contributed by atoms with E-state index in [1.165, 1.54) is 22.3 Å². The average molecular weight is 354 g/mol. The maximum absolute atomic E-state index is 6.01. The van der Waals surface area contributed by atoms with E-state index in [9.17, 15) is 0 Å². The van der Waals surface area contributed by atoms with Gasteiger partial charge in [-0.1, -0.05) is 57.9 Å². The first-order chi connectivity index (χ1) is 9.61. The van der Waals surface area contributed by atoms with Crippen molar-refractivity contribution in [2.24, 2.45) is 0 Å². The topological polar surface area (TPSA) is 9.23 Å². The Morgan fingerprint density at radius 2 is 1.85 bits per heavy atom. The monoisotopic (exact) mass is 352 g/mol. The first-order valence-electron chi connectivity index (χ1n) is 6.59. The molecule has 0 amide bonds. The quantitative estimate of drug-likeness (QED) is 0.661. The third-order valence-electron chi connectivity index (χ3n) is 3.37. The van der Waals surface area contributed by atoms with Crippen LogP contribution in [0.1, 0.15) is 27.1 Å². The summed E-state index contributed by atoms with van der Waals surface area (Å²) in [5.74, 6) is 0. The van der Waals surface area contributed by atoms with E-state index in [0.29, 0.717) is 0 Å². The van der Waals surface area contributed by atoms with Crippen molar-refractivity contribution >= 4 is 27.5 Å². The lowest BCUT2D eigenvalue weighted by Gasteiger charge is -2.14. The molecule has 0 heterocycles. The van der Waals surface area contributed by atoms with E-state index in [-0.39, 0.29) is 4.83 Å². The summed E-state index contributed by atoms with van der Waals surface area (Å²) >= 11 is 9.79. The molecule has 0 radical (unpaired) electrons. The zero-order chi connectivity index (χ0) is 14.5. The number of aryl methyl sites for hydroxylation is 1. The van der Waals surface area contributed by atoms with Crippen LogP contribution >= 0.6 is 27.5 Å². The molecule has 0 N–H and O–H groups in total. The summed E-state index contributed by atoms with van der Waals surface area (Å²) in [5.41, 5.74) is 4.99. The van der Waals surface area contributed by atoms with Gasteiger partial charge in [0.05, 0.1) is 11.4 Å². The number of methoxy groups -OCH3 is 1. The van der Waals surface area contributed by atoms with Gasteiger partial charge in [0.2, 0.25) is 0 Å². The standard InChI is InChI=1S/C17H18BrClO/c1-12-11-15(19)7-8-16(12)17(18)14-5-3-13(4-6-14)9-10-20-2/h3-8,11,17H,9-10H2,1-2H3. The van der Waals surface area contributed by atoms with E-state index in [1.54, 1.807) is 7.11 Å². The van der Waals surface area contributed by atoms with Gasteiger partial charge in [-0.2, -0.15) is 0 Å². The normalized spacial score (nSPS) is 12.4. The maximum Gasteiger partial charge on any atom is 0.0647 e. The summed E-state index contributed by atoms with van der Waals surface area (Å²) in [7, 11) is 1.73. The highest BCUT2D eigenvalue weighted by Crippen LogP contribution is 2.33. The number of hydrogen-bond donors (Lipinski definition) is 0. The van der Waals surface area contributed by atoms with Gasteiger partial charge in [-0.3, -0.25) is 0 Å². The van der Waals surface area contributed by atoms with E-state index < -0.39 is 0 Å². The molecule has 2 aromatic carbocycles. The minimum Gasteiger partial charge on any atom is -0.384 e. The number of ether oxygens (including phenoxy) is 1. The van der Waals surface area contributed by atoms with Gasteiger partial charge >= 0.3 is 0 Å². The van der Waals surface area contributed by atoms with Gasteiger partial charge in [-0.15, -0.1) is 0 Å². The van der Waals surface area contributed by atoms with Gasteiger partial charge in [0.1, 0.15) is 0 Å². The fraction of sp³-hybridized carbons (Fsp3) is 0.294. The molecule has 2 rings (SSSR count). The summed E-state index contributed by atoms with van der Waals surface area (Å²) in [6.07, 6.45) is 0.948. The second-order valence-corrected chi connectivity index (χ2v) is 6.20. The summed E-state index contributed by atoms with van der Waals surface area (Å²) in [6, 6.07) is 14.7. The molecule has 1 atom stereocenters. The Kier molecular flexibility index (Phi) is 5.64. The molecular weight excluding hydrogens is 336 g/mol. The van der Waals surface area contributed by atoms with E-state index >= 15 is 0 Å². The van der Waals surface area contributed by atoms with E-state index in [4.69, 9.17) is 16.3 Å². The summed E-state index contributed by atoms with van der Waals surface area (Å²) in [5, 5.41) is 0.779. The van der Waals surface area contributed by atoms with Crippen LogP contribution in [0, 0.1) is 6.92 Å². The second kappa shape index (κ2) is 7.26. The average Bonchev–Trinajstić information content (AvgIpc) is 2.45. The summed E-state index contributed by atoms with van der Waals surface area (Å²) in [4.78, 5) is 0.191. The first-order valence-corrected chi connectivity index (χ1v) is 7.89. The SMILES string of the molecule is COCCc1ccc(C(Br)c2ccc(Cl)cc2C)cc1. The largest absolute Gasteiger partial charge is 0.384 e. The van der Waals surface area contributed by atoms with Crippen molar-refractivity contribution in [1.29, 1.82) is 0 Å². The molecule has 106 valence electrons. The molecular formula is C17H18BrClO. The zero-order valence-corrected chi connectivity index (χ0v) is 14.0. The van der Waals surface area contributed by atoms with Crippen molar-refractivity contribution < 1.29 is 4.74 Å². The number of halogens is 2. The molecule has 0 fully saturated rings. The van der Waals surface area contributed by atoms with Crippen LogP contribution in [0.4, 0.5) is 0 Å². The van der Waals surface area contributed by atoms with E-state index in [2.05, 4.69) is 53.2 Å². The van der Waals surface area contributed by atoms with Crippen molar-refractivity contribution in [3.05, 3.63) is 69.7 Å². The van der Waals surface area contributed by atoms with Crippen LogP contribution in [0.25, 0.3) is 0 Å². The zero-order valence-electron chi connectivity index (χ0n) is 11.7. The van der Waals surface area contributed by atoms with E-state index in [1.807, 2.05) is 12.1 Å². The molecule has 0 aliphatic heterocycles. The Morgan fingerprint density at radius 1 is 1.15 bits per heavy atom. The Hall–Kier alpha value is -0.830. The van der Waals surface area contributed by atoms with Crippen LogP contribution in [0.2, 0.25) is 5.02 Å². The molecule has 2 aromatic rings. The predicted molar refractivity (Wildman–Crippen MR) is 89.0 cm³/mol. The molecule has 0 aromatic heterocycles. The van der Waals surface area contributed by atoms with E-state index in [0.717, 1.165) is 18.1 Å². The fourth-order valence-corrected chi connectivity index (χ4v) is 3.22. The molecule has 0 bridgehead atoms. The van der Waals surface area contributed by atoms with Gasteiger partial charge < -0.3 is 4.74 Å². The lowest BCUT2D eigenvalue weighted by Crippen LogP contribution is -1.98. The van der Waals surface area contributed by atoms with Crippen molar-refractivity contribution in [3.63, 3.8) is 0 Å². The smallest absolute Gasteiger partial charge is 0.0647 e. The number of alkyl halides is 1. The van der Waals surface area contributed by atoms with Crippen molar-refractivity contribution in [2.45, 2.75) is 18.2 Å². The summed E-state index contributed by atoms with van der Waals surface area (Å²) < 4.78 is 5.10. The molecule has 1 unspecified atom stereocenters. The van der Waals surface area contributed by atoms with Crippen LogP contribution in [0.5, 0.6) is 0 Å². The number of hydrogen-bond acceptors (Lipinski definition) is 1. The Balaban J connectivity index is 2.18. The van der Waals surface area contributed by atoms with Crippen molar-refractivity contribution in [3.8, 4) is 0 Å². The van der Waals surface area contributed by atoms with Gasteiger partial charge in [0, 0.05) is 12.1 Å². The molecule has 0 aliphatic rings. The number of benzene rings is 2. The highest BCUT2D eigenvalue weighted by Gasteiger charge is 2.12. The van der Waals surface area contributed by atoms with Crippen LogP contribution in [0.3, 0.4) is 0 Å². The lowest BCUT2D eigenvalue weighted by molar-refractivity contribution is 0.202. The van der Waals surface area contributed by atoms with Crippen LogP contribution < -0.4 is 0 Å². The Morgan fingerprint density at radius 3 is 2.45 bits per heavy atom. The van der Waals surface area contributed by atoms with Gasteiger partial charge in [0.15, 0.2) is 0 Å². The summed E-state index contributed by atoms with van der Waals surface area (Å²) in [6.45, 7) is 2.84. The van der Waals surface area contributed by atoms with Crippen molar-refractivity contribution in [1.82, 2.24) is 0 Å². The molecule has 0 saturated heterocycles. The van der Waals surface area contributed by atoms with Gasteiger partial charge in [-0.25, -0.2) is 0 Å². The molecule has 0 spiro atoms.